The fourth-order valence-electron chi connectivity index (χ4n) is 3.02. The van der Waals surface area contributed by atoms with Crippen LogP contribution in [0.4, 0.5) is 0 Å². The van der Waals surface area contributed by atoms with E-state index in [0.717, 1.165) is 11.8 Å². The lowest BCUT2D eigenvalue weighted by molar-refractivity contribution is -0.121. The normalized spacial score (nSPS) is 32.1. The molecule has 3 nitrogen and oxygen atoms in total. The molecule has 16 heavy (non-hydrogen) atoms. The lowest BCUT2D eigenvalue weighted by Gasteiger charge is -2.21. The zero-order chi connectivity index (χ0) is 11.5. The number of hydrogen-bond acceptors (Lipinski definition) is 2. The van der Waals surface area contributed by atoms with Crippen molar-refractivity contribution in [3.63, 3.8) is 0 Å². The van der Waals surface area contributed by atoms with Gasteiger partial charge in [-0.2, -0.15) is 0 Å². The van der Waals surface area contributed by atoms with E-state index in [-0.39, 0.29) is 11.9 Å². The minimum atomic E-state index is -0.0214. The van der Waals surface area contributed by atoms with E-state index in [1.165, 1.54) is 38.5 Å². The second-order valence-corrected chi connectivity index (χ2v) is 5.65. The van der Waals surface area contributed by atoms with E-state index in [1.807, 2.05) is 6.92 Å². The first-order chi connectivity index (χ1) is 7.66. The van der Waals surface area contributed by atoms with E-state index in [2.05, 4.69) is 5.32 Å². The van der Waals surface area contributed by atoms with Gasteiger partial charge in [0.15, 0.2) is 0 Å². The van der Waals surface area contributed by atoms with E-state index >= 15 is 0 Å². The average molecular weight is 224 g/mol. The van der Waals surface area contributed by atoms with E-state index < -0.39 is 0 Å². The maximum absolute atomic E-state index is 11.5. The summed E-state index contributed by atoms with van der Waals surface area (Å²) in [5.41, 5.74) is 5.61. The summed E-state index contributed by atoms with van der Waals surface area (Å²) in [6, 6.07) is 0.446. The summed E-state index contributed by atoms with van der Waals surface area (Å²) < 4.78 is 0. The second kappa shape index (κ2) is 5.17. The van der Waals surface area contributed by atoms with Gasteiger partial charge in [0.25, 0.3) is 0 Å². The largest absolute Gasteiger partial charge is 0.353 e. The summed E-state index contributed by atoms with van der Waals surface area (Å²) in [5.74, 6) is 1.80. The van der Waals surface area contributed by atoms with Crippen LogP contribution >= 0.6 is 0 Å². The Hall–Kier alpha value is -0.570. The van der Waals surface area contributed by atoms with E-state index in [0.29, 0.717) is 12.5 Å². The minimum Gasteiger partial charge on any atom is -0.353 e. The number of rotatable bonds is 4. The standard InChI is InChI=1S/C13H24N2O/c1-9(14)7-13(16)15-12-8-11(12)10-5-3-2-4-6-10/h9-12H,2-8,14H2,1H3,(H,15,16). The molecule has 3 unspecified atom stereocenters. The van der Waals surface area contributed by atoms with Crippen LogP contribution in [0, 0.1) is 11.8 Å². The monoisotopic (exact) mass is 224 g/mol. The van der Waals surface area contributed by atoms with Crippen LogP contribution in [0.25, 0.3) is 0 Å². The summed E-state index contributed by atoms with van der Waals surface area (Å²) in [5, 5.41) is 3.11. The van der Waals surface area contributed by atoms with Crippen molar-refractivity contribution in [2.75, 3.05) is 0 Å². The molecule has 0 aromatic rings. The molecule has 3 N–H and O–H groups in total. The Labute approximate surface area is 98.2 Å². The number of amides is 1. The Morgan fingerprint density at radius 2 is 2.06 bits per heavy atom. The molecular weight excluding hydrogens is 200 g/mol. The molecule has 92 valence electrons. The maximum Gasteiger partial charge on any atom is 0.221 e. The number of nitrogens with two attached hydrogens (primary N) is 1. The van der Waals surface area contributed by atoms with Crippen LogP contribution in [0.2, 0.25) is 0 Å². The Bertz CT molecular complexity index is 246. The lowest BCUT2D eigenvalue weighted by Crippen LogP contribution is -2.32. The molecule has 2 fully saturated rings. The van der Waals surface area contributed by atoms with Crippen LogP contribution in [0.3, 0.4) is 0 Å². The molecule has 2 saturated carbocycles. The van der Waals surface area contributed by atoms with E-state index in [9.17, 15) is 4.79 Å². The molecular formula is C13H24N2O. The third-order valence-electron chi connectivity index (χ3n) is 3.95. The molecule has 3 heteroatoms. The van der Waals surface area contributed by atoms with Gasteiger partial charge in [0.2, 0.25) is 5.91 Å². The minimum absolute atomic E-state index is 0.0214. The molecule has 0 aliphatic heterocycles. The van der Waals surface area contributed by atoms with Crippen LogP contribution in [-0.2, 0) is 4.79 Å². The second-order valence-electron chi connectivity index (χ2n) is 5.65. The molecule has 3 atom stereocenters. The molecule has 0 bridgehead atoms. The molecule has 1 amide bonds. The highest BCUT2D eigenvalue weighted by Gasteiger charge is 2.43. The van der Waals surface area contributed by atoms with Crippen molar-refractivity contribution >= 4 is 5.91 Å². The van der Waals surface area contributed by atoms with Gasteiger partial charge in [-0.15, -0.1) is 0 Å². The lowest BCUT2D eigenvalue weighted by atomic mass is 9.85. The molecule has 0 radical (unpaired) electrons. The van der Waals surface area contributed by atoms with Gasteiger partial charge in [-0.3, -0.25) is 4.79 Å². The van der Waals surface area contributed by atoms with Crippen molar-refractivity contribution in [1.82, 2.24) is 5.32 Å². The van der Waals surface area contributed by atoms with Gasteiger partial charge in [-0.05, 0) is 25.2 Å². The molecule has 2 aliphatic rings. The van der Waals surface area contributed by atoms with Gasteiger partial charge in [0.05, 0.1) is 0 Å². The van der Waals surface area contributed by atoms with Crippen molar-refractivity contribution in [2.24, 2.45) is 17.6 Å². The topological polar surface area (TPSA) is 55.1 Å². The molecule has 0 aromatic heterocycles. The zero-order valence-corrected chi connectivity index (χ0v) is 10.2. The molecule has 2 rings (SSSR count). The highest BCUT2D eigenvalue weighted by Crippen LogP contribution is 2.44. The summed E-state index contributed by atoms with van der Waals surface area (Å²) in [6.07, 6.45) is 8.62. The smallest absolute Gasteiger partial charge is 0.221 e. The number of carbonyl (C=O) groups excluding carboxylic acids is 1. The maximum atomic E-state index is 11.5. The molecule has 2 aliphatic carbocycles. The molecule has 0 heterocycles. The number of carbonyl (C=O) groups is 1. The number of hydrogen-bond donors (Lipinski definition) is 2. The Morgan fingerprint density at radius 1 is 1.38 bits per heavy atom. The molecule has 0 aromatic carbocycles. The number of nitrogens with one attached hydrogen (secondary N) is 1. The highest BCUT2D eigenvalue weighted by molar-refractivity contribution is 5.77. The van der Waals surface area contributed by atoms with Gasteiger partial charge in [-0.25, -0.2) is 0 Å². The molecule has 0 spiro atoms. The van der Waals surface area contributed by atoms with Crippen molar-refractivity contribution in [3.05, 3.63) is 0 Å². The van der Waals surface area contributed by atoms with Gasteiger partial charge < -0.3 is 11.1 Å². The quantitative estimate of drug-likeness (QED) is 0.765. The van der Waals surface area contributed by atoms with Crippen molar-refractivity contribution < 1.29 is 4.79 Å². The van der Waals surface area contributed by atoms with E-state index in [1.54, 1.807) is 0 Å². The van der Waals surface area contributed by atoms with Gasteiger partial charge >= 0.3 is 0 Å². The first kappa shape index (κ1) is 11.9. The first-order valence-electron chi connectivity index (χ1n) is 6.71. The van der Waals surface area contributed by atoms with Crippen molar-refractivity contribution in [1.29, 1.82) is 0 Å². The summed E-state index contributed by atoms with van der Waals surface area (Å²) in [7, 11) is 0. The Kier molecular flexibility index (Phi) is 3.85. The Morgan fingerprint density at radius 3 is 2.69 bits per heavy atom. The first-order valence-corrected chi connectivity index (χ1v) is 6.71. The van der Waals surface area contributed by atoms with Crippen molar-refractivity contribution in [3.8, 4) is 0 Å². The Balaban J connectivity index is 1.68. The highest BCUT2D eigenvalue weighted by atomic mass is 16.1. The predicted molar refractivity (Wildman–Crippen MR) is 64.9 cm³/mol. The fraction of sp³-hybridized carbons (Fsp3) is 0.923. The van der Waals surface area contributed by atoms with Crippen LogP contribution in [0.15, 0.2) is 0 Å². The summed E-state index contributed by atoms with van der Waals surface area (Å²) >= 11 is 0. The third kappa shape index (κ3) is 3.21. The van der Waals surface area contributed by atoms with Gasteiger partial charge in [0.1, 0.15) is 0 Å². The SMILES string of the molecule is CC(N)CC(=O)NC1CC1C1CCCCC1. The van der Waals surface area contributed by atoms with Crippen LogP contribution < -0.4 is 11.1 Å². The van der Waals surface area contributed by atoms with Gasteiger partial charge in [-0.1, -0.05) is 32.1 Å². The average Bonchev–Trinajstić information content (AvgIpc) is 2.97. The van der Waals surface area contributed by atoms with Gasteiger partial charge in [0, 0.05) is 18.5 Å². The van der Waals surface area contributed by atoms with Crippen LogP contribution in [0.5, 0.6) is 0 Å². The predicted octanol–water partition coefficient (Wildman–Crippen LogP) is 1.81. The third-order valence-corrected chi connectivity index (χ3v) is 3.95. The zero-order valence-electron chi connectivity index (χ0n) is 10.2. The summed E-state index contributed by atoms with van der Waals surface area (Å²) in [4.78, 5) is 11.5. The van der Waals surface area contributed by atoms with Crippen LogP contribution in [-0.4, -0.2) is 18.0 Å². The summed E-state index contributed by atoms with van der Waals surface area (Å²) in [6.45, 7) is 1.88. The molecule has 0 saturated heterocycles. The van der Waals surface area contributed by atoms with E-state index in [4.69, 9.17) is 5.73 Å². The van der Waals surface area contributed by atoms with Crippen molar-refractivity contribution in [2.45, 2.75) is 64.0 Å². The fourth-order valence-corrected chi connectivity index (χ4v) is 3.02. The van der Waals surface area contributed by atoms with Crippen LogP contribution in [0.1, 0.15) is 51.9 Å².